The van der Waals surface area contributed by atoms with E-state index in [1.54, 1.807) is 0 Å². The van der Waals surface area contributed by atoms with E-state index in [1.165, 1.54) is 5.56 Å². The van der Waals surface area contributed by atoms with Crippen molar-refractivity contribution in [3.8, 4) is 0 Å². The molecule has 0 spiro atoms. The van der Waals surface area contributed by atoms with Crippen molar-refractivity contribution in [1.82, 2.24) is 0 Å². The van der Waals surface area contributed by atoms with Gasteiger partial charge in [-0.15, -0.1) is 0 Å². The molecule has 0 atom stereocenters. The molecule has 20 heavy (non-hydrogen) atoms. The van der Waals surface area contributed by atoms with Crippen molar-refractivity contribution >= 4 is 21.7 Å². The van der Waals surface area contributed by atoms with E-state index in [1.807, 2.05) is 39.8 Å². The standard InChI is InChI=1S/C18H19BrO/c1-10-6-13(4)17(14(5)7-10)18(20)15-8-12(3)16(19)9-11(15)2/h6-9H,1-5H3. The molecule has 2 heteroatoms. The van der Waals surface area contributed by atoms with Crippen LogP contribution >= 0.6 is 15.9 Å². The fourth-order valence-electron chi connectivity index (χ4n) is 2.70. The molecule has 0 saturated carbocycles. The Labute approximate surface area is 129 Å². The molecule has 2 rings (SSSR count). The second-order valence-corrected chi connectivity index (χ2v) is 6.37. The summed E-state index contributed by atoms with van der Waals surface area (Å²) < 4.78 is 1.05. The van der Waals surface area contributed by atoms with Gasteiger partial charge in [0.25, 0.3) is 0 Å². The molecule has 1 nitrogen and oxygen atoms in total. The van der Waals surface area contributed by atoms with E-state index in [0.29, 0.717) is 0 Å². The lowest BCUT2D eigenvalue weighted by molar-refractivity contribution is 0.103. The molecule has 0 aliphatic heterocycles. The van der Waals surface area contributed by atoms with Crippen LogP contribution in [0.5, 0.6) is 0 Å². The minimum absolute atomic E-state index is 0.119. The van der Waals surface area contributed by atoms with E-state index in [2.05, 4.69) is 35.0 Å². The molecule has 2 aromatic rings. The Morgan fingerprint density at radius 3 is 1.90 bits per heavy atom. The molecule has 0 saturated heterocycles. The van der Waals surface area contributed by atoms with Crippen molar-refractivity contribution in [1.29, 1.82) is 0 Å². The highest BCUT2D eigenvalue weighted by Crippen LogP contribution is 2.26. The van der Waals surface area contributed by atoms with Gasteiger partial charge in [0.2, 0.25) is 0 Å². The molecule has 0 aliphatic carbocycles. The molecule has 0 N–H and O–H groups in total. The normalized spacial score (nSPS) is 10.7. The molecule has 0 unspecified atom stereocenters. The number of hydrogen-bond donors (Lipinski definition) is 0. The van der Waals surface area contributed by atoms with Crippen LogP contribution < -0.4 is 0 Å². The summed E-state index contributed by atoms with van der Waals surface area (Å²) in [7, 11) is 0. The number of benzene rings is 2. The first-order valence-electron chi connectivity index (χ1n) is 6.70. The van der Waals surface area contributed by atoms with Crippen LogP contribution in [0.4, 0.5) is 0 Å². The van der Waals surface area contributed by atoms with Gasteiger partial charge in [-0.3, -0.25) is 4.79 Å². The van der Waals surface area contributed by atoms with E-state index in [4.69, 9.17) is 0 Å². The second kappa shape index (κ2) is 5.53. The van der Waals surface area contributed by atoms with Crippen molar-refractivity contribution in [2.45, 2.75) is 34.6 Å². The zero-order valence-corrected chi connectivity index (χ0v) is 14.2. The highest BCUT2D eigenvalue weighted by atomic mass is 79.9. The molecular formula is C18H19BrO. The molecule has 0 aromatic heterocycles. The van der Waals surface area contributed by atoms with Gasteiger partial charge in [0, 0.05) is 15.6 Å². The first-order valence-corrected chi connectivity index (χ1v) is 7.50. The lowest BCUT2D eigenvalue weighted by atomic mass is 9.91. The Kier molecular flexibility index (Phi) is 4.14. The van der Waals surface area contributed by atoms with Gasteiger partial charge in [0.15, 0.2) is 5.78 Å². The maximum Gasteiger partial charge on any atom is 0.193 e. The number of carbonyl (C=O) groups is 1. The summed E-state index contributed by atoms with van der Waals surface area (Å²) in [5.74, 6) is 0.119. The molecule has 0 amide bonds. The summed E-state index contributed by atoms with van der Waals surface area (Å²) in [6.45, 7) is 10.1. The second-order valence-electron chi connectivity index (χ2n) is 5.52. The van der Waals surface area contributed by atoms with Crippen molar-refractivity contribution in [3.05, 3.63) is 67.7 Å². The molecule has 0 bridgehead atoms. The zero-order valence-electron chi connectivity index (χ0n) is 12.6. The maximum absolute atomic E-state index is 12.9. The van der Waals surface area contributed by atoms with Crippen LogP contribution in [0, 0.1) is 34.6 Å². The minimum Gasteiger partial charge on any atom is -0.289 e. The molecule has 104 valence electrons. The number of rotatable bonds is 2. The van der Waals surface area contributed by atoms with E-state index >= 15 is 0 Å². The minimum atomic E-state index is 0.119. The van der Waals surface area contributed by atoms with Gasteiger partial charge >= 0.3 is 0 Å². The average Bonchev–Trinajstić information content (AvgIpc) is 2.32. The lowest BCUT2D eigenvalue weighted by Crippen LogP contribution is -2.09. The molecule has 0 radical (unpaired) electrons. The van der Waals surface area contributed by atoms with Gasteiger partial charge in [0.05, 0.1) is 0 Å². The van der Waals surface area contributed by atoms with Crippen molar-refractivity contribution in [2.24, 2.45) is 0 Å². The third kappa shape index (κ3) is 2.71. The van der Waals surface area contributed by atoms with Crippen LogP contribution in [0.2, 0.25) is 0 Å². The van der Waals surface area contributed by atoms with Gasteiger partial charge in [-0.2, -0.15) is 0 Å². The Morgan fingerprint density at radius 2 is 1.35 bits per heavy atom. The predicted octanol–water partition coefficient (Wildman–Crippen LogP) is 5.22. The Hall–Kier alpha value is -1.41. The molecule has 2 aromatic carbocycles. The third-order valence-electron chi connectivity index (χ3n) is 3.65. The van der Waals surface area contributed by atoms with Gasteiger partial charge in [-0.05, 0) is 69.0 Å². The lowest BCUT2D eigenvalue weighted by Gasteiger charge is -2.13. The molecule has 0 fully saturated rings. The van der Waals surface area contributed by atoms with Crippen LogP contribution in [0.3, 0.4) is 0 Å². The Morgan fingerprint density at radius 1 is 0.800 bits per heavy atom. The predicted molar refractivity (Wildman–Crippen MR) is 87.7 cm³/mol. The fraction of sp³-hybridized carbons (Fsp3) is 0.278. The summed E-state index contributed by atoms with van der Waals surface area (Å²) in [5, 5.41) is 0. The van der Waals surface area contributed by atoms with Gasteiger partial charge in [0.1, 0.15) is 0 Å². The van der Waals surface area contributed by atoms with E-state index in [-0.39, 0.29) is 5.78 Å². The van der Waals surface area contributed by atoms with Crippen LogP contribution in [-0.4, -0.2) is 5.78 Å². The third-order valence-corrected chi connectivity index (χ3v) is 4.51. The van der Waals surface area contributed by atoms with Gasteiger partial charge in [-0.25, -0.2) is 0 Å². The van der Waals surface area contributed by atoms with E-state index in [9.17, 15) is 4.79 Å². The van der Waals surface area contributed by atoms with E-state index < -0.39 is 0 Å². The summed E-state index contributed by atoms with van der Waals surface area (Å²) >= 11 is 3.51. The van der Waals surface area contributed by atoms with Gasteiger partial charge in [-0.1, -0.05) is 33.6 Å². The summed E-state index contributed by atoms with van der Waals surface area (Å²) in [5.41, 5.74) is 7.01. The van der Waals surface area contributed by atoms with Crippen molar-refractivity contribution in [3.63, 3.8) is 0 Å². The molecule has 0 aliphatic rings. The van der Waals surface area contributed by atoms with Gasteiger partial charge < -0.3 is 0 Å². The van der Waals surface area contributed by atoms with Crippen LogP contribution in [0.15, 0.2) is 28.7 Å². The molecular weight excluding hydrogens is 312 g/mol. The average molecular weight is 331 g/mol. The largest absolute Gasteiger partial charge is 0.289 e. The summed E-state index contributed by atoms with van der Waals surface area (Å²) in [4.78, 5) is 12.9. The number of carbonyl (C=O) groups excluding carboxylic acids is 1. The van der Waals surface area contributed by atoms with Crippen molar-refractivity contribution in [2.75, 3.05) is 0 Å². The zero-order chi connectivity index (χ0) is 15.0. The summed E-state index contributed by atoms with van der Waals surface area (Å²) in [6, 6.07) is 8.13. The number of aryl methyl sites for hydroxylation is 5. The monoisotopic (exact) mass is 330 g/mol. The molecule has 0 heterocycles. The fourth-order valence-corrected chi connectivity index (χ4v) is 3.16. The quantitative estimate of drug-likeness (QED) is 0.689. The smallest absolute Gasteiger partial charge is 0.193 e. The van der Waals surface area contributed by atoms with Crippen LogP contribution in [0.25, 0.3) is 0 Å². The topological polar surface area (TPSA) is 17.1 Å². The first kappa shape index (κ1) is 15.0. The Balaban J connectivity index is 2.61. The Bertz CT molecular complexity index is 676. The number of halogens is 1. The van der Waals surface area contributed by atoms with Crippen LogP contribution in [0.1, 0.15) is 43.7 Å². The summed E-state index contributed by atoms with van der Waals surface area (Å²) in [6.07, 6.45) is 0. The van der Waals surface area contributed by atoms with Crippen molar-refractivity contribution < 1.29 is 4.79 Å². The van der Waals surface area contributed by atoms with E-state index in [0.717, 1.165) is 37.9 Å². The maximum atomic E-state index is 12.9. The van der Waals surface area contributed by atoms with Crippen LogP contribution in [-0.2, 0) is 0 Å². The SMILES string of the molecule is Cc1cc(C)c(C(=O)c2cc(C)c(Br)cc2C)c(C)c1. The highest BCUT2D eigenvalue weighted by molar-refractivity contribution is 9.10. The highest BCUT2D eigenvalue weighted by Gasteiger charge is 2.17. The first-order chi connectivity index (χ1) is 9.31. The number of hydrogen-bond acceptors (Lipinski definition) is 1. The number of ketones is 1.